The highest BCUT2D eigenvalue weighted by molar-refractivity contribution is 6.13. The molecule has 1 amide bonds. The fourth-order valence-corrected chi connectivity index (χ4v) is 0.822. The van der Waals surface area contributed by atoms with Crippen molar-refractivity contribution < 1.29 is 14.8 Å². The standard InChI is InChI=1S/C9H11NO.BH3O2/c1-8(11)10-7-9-5-3-2-4-6-9;2-1-3/h2-6H,7H2,1H3,(H,10,11);1-3H. The van der Waals surface area contributed by atoms with Crippen molar-refractivity contribution in [2.24, 2.45) is 0 Å². The summed E-state index contributed by atoms with van der Waals surface area (Å²) in [6, 6.07) is 9.83. The number of hydrogen-bond donors (Lipinski definition) is 3. The predicted molar refractivity (Wildman–Crippen MR) is 55.5 cm³/mol. The quantitative estimate of drug-likeness (QED) is 0.560. The van der Waals surface area contributed by atoms with E-state index >= 15 is 0 Å². The van der Waals surface area contributed by atoms with Gasteiger partial charge in [0.15, 0.2) is 0 Å². The summed E-state index contributed by atoms with van der Waals surface area (Å²) in [5.74, 6) is 0.00820. The zero-order valence-electron chi connectivity index (χ0n) is 8.10. The van der Waals surface area contributed by atoms with Crippen molar-refractivity contribution in [2.75, 3.05) is 0 Å². The van der Waals surface area contributed by atoms with Crippen molar-refractivity contribution in [3.63, 3.8) is 0 Å². The van der Waals surface area contributed by atoms with Gasteiger partial charge in [-0.2, -0.15) is 0 Å². The van der Waals surface area contributed by atoms with Gasteiger partial charge in [0.1, 0.15) is 0 Å². The molecule has 1 aromatic carbocycles. The van der Waals surface area contributed by atoms with Crippen molar-refractivity contribution in [1.82, 2.24) is 5.32 Å². The highest BCUT2D eigenvalue weighted by Gasteiger charge is 1.91. The lowest BCUT2D eigenvalue weighted by molar-refractivity contribution is -0.119. The Hall–Kier alpha value is -1.33. The number of benzene rings is 1. The number of hydrogen-bond acceptors (Lipinski definition) is 3. The second kappa shape index (κ2) is 8.28. The summed E-state index contributed by atoms with van der Waals surface area (Å²) in [6.45, 7) is 2.14. The third kappa shape index (κ3) is 7.33. The number of amides is 1. The lowest BCUT2D eigenvalue weighted by atomic mass is 10.2. The van der Waals surface area contributed by atoms with Crippen LogP contribution in [0.25, 0.3) is 0 Å². The Labute approximate surface area is 83.9 Å². The second-order valence-electron chi connectivity index (χ2n) is 2.54. The van der Waals surface area contributed by atoms with Gasteiger partial charge in [0, 0.05) is 13.5 Å². The van der Waals surface area contributed by atoms with E-state index < -0.39 is 7.69 Å². The summed E-state index contributed by atoms with van der Waals surface area (Å²) in [5, 5.41) is 17.0. The molecule has 0 saturated heterocycles. The molecule has 0 aliphatic heterocycles. The van der Waals surface area contributed by atoms with E-state index in [9.17, 15) is 4.79 Å². The summed E-state index contributed by atoms with van der Waals surface area (Å²) in [4.78, 5) is 10.5. The van der Waals surface area contributed by atoms with Crippen LogP contribution < -0.4 is 5.32 Å². The molecule has 0 fully saturated rings. The van der Waals surface area contributed by atoms with Gasteiger partial charge in [0.25, 0.3) is 0 Å². The molecule has 0 bridgehead atoms. The minimum atomic E-state index is -0.750. The molecular weight excluding hydrogens is 181 g/mol. The molecule has 1 rings (SSSR count). The van der Waals surface area contributed by atoms with Gasteiger partial charge in [-0.15, -0.1) is 0 Å². The molecule has 0 saturated carbocycles. The molecule has 0 heterocycles. The van der Waals surface area contributed by atoms with Crippen LogP contribution in [-0.4, -0.2) is 23.6 Å². The van der Waals surface area contributed by atoms with Crippen LogP contribution in [0.3, 0.4) is 0 Å². The first-order valence-electron chi connectivity index (χ1n) is 4.20. The van der Waals surface area contributed by atoms with Crippen molar-refractivity contribution in [3.05, 3.63) is 35.9 Å². The van der Waals surface area contributed by atoms with Crippen LogP contribution in [0.4, 0.5) is 0 Å². The van der Waals surface area contributed by atoms with Gasteiger partial charge in [-0.3, -0.25) is 4.79 Å². The topological polar surface area (TPSA) is 69.6 Å². The molecule has 0 spiro atoms. The van der Waals surface area contributed by atoms with E-state index in [1.54, 1.807) is 0 Å². The summed E-state index contributed by atoms with van der Waals surface area (Å²) < 4.78 is 0. The number of carbonyl (C=O) groups excluding carboxylic acids is 1. The average Bonchev–Trinajstić information content (AvgIpc) is 2.18. The van der Waals surface area contributed by atoms with Gasteiger partial charge in [-0.25, -0.2) is 0 Å². The smallest absolute Gasteiger partial charge is 0.430 e. The molecule has 0 atom stereocenters. The van der Waals surface area contributed by atoms with Crippen LogP contribution in [-0.2, 0) is 11.3 Å². The van der Waals surface area contributed by atoms with E-state index in [2.05, 4.69) is 5.32 Å². The van der Waals surface area contributed by atoms with Crippen molar-refractivity contribution in [2.45, 2.75) is 13.5 Å². The minimum absolute atomic E-state index is 0.00820. The highest BCUT2D eigenvalue weighted by atomic mass is 16.4. The van der Waals surface area contributed by atoms with E-state index in [1.807, 2.05) is 30.3 Å². The maximum atomic E-state index is 10.5. The molecule has 5 heteroatoms. The Kier molecular flexibility index (Phi) is 7.50. The van der Waals surface area contributed by atoms with Crippen molar-refractivity contribution in [3.8, 4) is 0 Å². The van der Waals surface area contributed by atoms with Crippen LogP contribution in [0.15, 0.2) is 30.3 Å². The van der Waals surface area contributed by atoms with Crippen LogP contribution in [0.2, 0.25) is 0 Å². The zero-order valence-corrected chi connectivity index (χ0v) is 8.10. The molecule has 0 unspecified atom stereocenters. The predicted octanol–water partition coefficient (Wildman–Crippen LogP) is -0.440. The van der Waals surface area contributed by atoms with Gasteiger partial charge in [0.05, 0.1) is 0 Å². The SMILES string of the molecule is CC(=O)NCc1ccccc1.OBO. The van der Waals surface area contributed by atoms with E-state index in [1.165, 1.54) is 6.92 Å². The number of rotatable bonds is 2. The maximum Gasteiger partial charge on any atom is 0.432 e. The maximum absolute atomic E-state index is 10.5. The largest absolute Gasteiger partial charge is 0.432 e. The Morgan fingerprint density at radius 2 is 1.86 bits per heavy atom. The van der Waals surface area contributed by atoms with Gasteiger partial charge < -0.3 is 15.4 Å². The first-order chi connectivity index (χ1) is 6.70. The molecule has 3 N–H and O–H groups in total. The average molecular weight is 195 g/mol. The molecule has 0 aromatic heterocycles. The van der Waals surface area contributed by atoms with Gasteiger partial charge >= 0.3 is 7.69 Å². The zero-order chi connectivity index (χ0) is 10.8. The summed E-state index contributed by atoms with van der Waals surface area (Å²) >= 11 is 0. The van der Waals surface area contributed by atoms with Crippen LogP contribution in [0, 0.1) is 0 Å². The molecule has 14 heavy (non-hydrogen) atoms. The second-order valence-corrected chi connectivity index (χ2v) is 2.54. The molecule has 76 valence electrons. The Balaban J connectivity index is 0.000000500. The Morgan fingerprint density at radius 1 is 1.36 bits per heavy atom. The fraction of sp³-hybridized carbons (Fsp3) is 0.222. The van der Waals surface area contributed by atoms with E-state index in [-0.39, 0.29) is 5.91 Å². The van der Waals surface area contributed by atoms with E-state index in [4.69, 9.17) is 10.0 Å². The molecule has 0 aliphatic carbocycles. The fourth-order valence-electron chi connectivity index (χ4n) is 0.822. The van der Waals surface area contributed by atoms with Crippen molar-refractivity contribution >= 4 is 13.6 Å². The Bertz CT molecular complexity index is 253. The molecule has 0 radical (unpaired) electrons. The summed E-state index contributed by atoms with van der Waals surface area (Å²) in [6.07, 6.45) is 0. The molecule has 0 aliphatic rings. The van der Waals surface area contributed by atoms with Crippen molar-refractivity contribution in [1.29, 1.82) is 0 Å². The normalized spacial score (nSPS) is 8.21. The molecular formula is C9H14BNO3. The first-order valence-corrected chi connectivity index (χ1v) is 4.20. The summed E-state index contributed by atoms with van der Waals surface area (Å²) in [7, 11) is -0.750. The molecule has 4 nitrogen and oxygen atoms in total. The van der Waals surface area contributed by atoms with Crippen LogP contribution >= 0.6 is 0 Å². The number of carbonyl (C=O) groups is 1. The van der Waals surface area contributed by atoms with Gasteiger partial charge in [0.2, 0.25) is 5.91 Å². The monoisotopic (exact) mass is 195 g/mol. The highest BCUT2D eigenvalue weighted by Crippen LogP contribution is 1.96. The van der Waals surface area contributed by atoms with Crippen LogP contribution in [0.1, 0.15) is 12.5 Å². The lowest BCUT2D eigenvalue weighted by Crippen LogP contribution is -2.18. The third-order valence-electron chi connectivity index (χ3n) is 1.38. The van der Waals surface area contributed by atoms with E-state index in [0.717, 1.165) is 5.56 Å². The van der Waals surface area contributed by atoms with Crippen LogP contribution in [0.5, 0.6) is 0 Å². The van der Waals surface area contributed by atoms with E-state index in [0.29, 0.717) is 6.54 Å². The lowest BCUT2D eigenvalue weighted by Gasteiger charge is -2.00. The summed E-state index contributed by atoms with van der Waals surface area (Å²) in [5.41, 5.74) is 1.13. The Morgan fingerprint density at radius 3 is 2.29 bits per heavy atom. The number of nitrogens with one attached hydrogen (secondary N) is 1. The minimum Gasteiger partial charge on any atom is -0.430 e. The van der Waals surface area contributed by atoms with Gasteiger partial charge in [-0.1, -0.05) is 30.3 Å². The third-order valence-corrected chi connectivity index (χ3v) is 1.38. The van der Waals surface area contributed by atoms with Gasteiger partial charge in [-0.05, 0) is 5.56 Å². The first kappa shape index (κ1) is 12.7. The molecule has 1 aromatic rings.